The molecule has 0 bridgehead atoms. The molecule has 1 saturated heterocycles. The summed E-state index contributed by atoms with van der Waals surface area (Å²) < 4.78 is 36.1. The molecule has 1 fully saturated rings. The van der Waals surface area contributed by atoms with Crippen molar-refractivity contribution in [1.29, 1.82) is 0 Å². The summed E-state index contributed by atoms with van der Waals surface area (Å²) >= 11 is 0. The topological polar surface area (TPSA) is 77.5 Å². The lowest BCUT2D eigenvalue weighted by Crippen LogP contribution is -2.57. The van der Waals surface area contributed by atoms with Crippen molar-refractivity contribution in [2.24, 2.45) is 0 Å². The SMILES string of the molecule is COc1cccc(F)c1OCC[C@@H]1CN(C(=O)OCc2ccccc2)CCN1C(=O)OC(C)(C)C. The number of carbonyl (C=O) groups excluding carboxylic acids is 2. The first-order valence-electron chi connectivity index (χ1n) is 11.6. The molecule has 0 unspecified atom stereocenters. The highest BCUT2D eigenvalue weighted by Gasteiger charge is 2.35. The third-order valence-corrected chi connectivity index (χ3v) is 5.42. The fourth-order valence-electron chi connectivity index (χ4n) is 3.73. The standard InChI is InChI=1S/C26H33FN2O6/c1-26(2,3)35-25(31)29-15-14-28(24(30)34-18-19-9-6-5-7-10-19)17-20(29)13-16-33-23-21(27)11-8-12-22(23)32-4/h5-12,20H,13-18H2,1-4H3/t20-/m1/s1. The molecule has 8 nitrogen and oxygen atoms in total. The first kappa shape index (κ1) is 26.1. The molecule has 3 rings (SSSR count). The van der Waals surface area contributed by atoms with E-state index in [4.69, 9.17) is 18.9 Å². The number of hydrogen-bond donors (Lipinski definition) is 0. The number of carbonyl (C=O) groups is 2. The molecule has 0 aromatic heterocycles. The van der Waals surface area contributed by atoms with E-state index in [-0.39, 0.29) is 37.8 Å². The zero-order valence-corrected chi connectivity index (χ0v) is 20.7. The van der Waals surface area contributed by atoms with Gasteiger partial charge in [0, 0.05) is 26.1 Å². The Morgan fingerprint density at radius 1 is 1.03 bits per heavy atom. The first-order chi connectivity index (χ1) is 16.7. The smallest absolute Gasteiger partial charge is 0.410 e. The minimum Gasteiger partial charge on any atom is -0.493 e. The minimum atomic E-state index is -0.662. The molecule has 1 atom stereocenters. The van der Waals surface area contributed by atoms with Gasteiger partial charge >= 0.3 is 12.2 Å². The van der Waals surface area contributed by atoms with Gasteiger partial charge in [0.25, 0.3) is 0 Å². The molecule has 2 aromatic carbocycles. The highest BCUT2D eigenvalue weighted by molar-refractivity contribution is 5.71. The van der Waals surface area contributed by atoms with Gasteiger partial charge in [-0.1, -0.05) is 36.4 Å². The van der Waals surface area contributed by atoms with E-state index in [1.54, 1.807) is 36.6 Å². The van der Waals surface area contributed by atoms with Crippen molar-refractivity contribution < 1.29 is 32.9 Å². The van der Waals surface area contributed by atoms with Crippen molar-refractivity contribution in [3.05, 3.63) is 59.9 Å². The highest BCUT2D eigenvalue weighted by Crippen LogP contribution is 2.30. The molecule has 0 saturated carbocycles. The predicted octanol–water partition coefficient (Wildman–Crippen LogP) is 4.86. The van der Waals surface area contributed by atoms with Crippen LogP contribution in [-0.2, 0) is 16.1 Å². The molecule has 0 N–H and O–H groups in total. The van der Waals surface area contributed by atoms with Crippen molar-refractivity contribution in [2.75, 3.05) is 33.4 Å². The number of hydrogen-bond acceptors (Lipinski definition) is 6. The molecular weight excluding hydrogens is 455 g/mol. The van der Waals surface area contributed by atoms with Crippen LogP contribution >= 0.6 is 0 Å². The first-order valence-corrected chi connectivity index (χ1v) is 11.6. The van der Waals surface area contributed by atoms with Crippen LogP contribution in [0.25, 0.3) is 0 Å². The Morgan fingerprint density at radius 2 is 1.77 bits per heavy atom. The molecule has 0 spiro atoms. The fourth-order valence-corrected chi connectivity index (χ4v) is 3.73. The summed E-state index contributed by atoms with van der Waals surface area (Å²) in [5.74, 6) is -0.249. The number of nitrogens with zero attached hydrogens (tertiary/aromatic N) is 2. The minimum absolute atomic E-state index is 0.00811. The van der Waals surface area contributed by atoms with Crippen LogP contribution in [0.1, 0.15) is 32.8 Å². The largest absolute Gasteiger partial charge is 0.493 e. The van der Waals surface area contributed by atoms with Crippen LogP contribution in [0.4, 0.5) is 14.0 Å². The maximum atomic E-state index is 14.2. The van der Waals surface area contributed by atoms with E-state index < -0.39 is 29.6 Å². The van der Waals surface area contributed by atoms with Crippen molar-refractivity contribution in [1.82, 2.24) is 9.80 Å². The van der Waals surface area contributed by atoms with Gasteiger partial charge < -0.3 is 28.7 Å². The zero-order chi connectivity index (χ0) is 25.4. The summed E-state index contributed by atoms with van der Waals surface area (Å²) in [6.45, 7) is 6.49. The van der Waals surface area contributed by atoms with Crippen LogP contribution in [0, 0.1) is 5.82 Å². The summed E-state index contributed by atoms with van der Waals surface area (Å²) in [6.07, 6.45) is -0.582. The molecular formula is C26H33FN2O6. The molecule has 2 amide bonds. The zero-order valence-electron chi connectivity index (χ0n) is 20.7. The van der Waals surface area contributed by atoms with Crippen LogP contribution in [0.5, 0.6) is 11.5 Å². The van der Waals surface area contributed by atoms with E-state index >= 15 is 0 Å². The van der Waals surface area contributed by atoms with Gasteiger partial charge in [-0.05, 0) is 38.5 Å². The number of methoxy groups -OCH3 is 1. The lowest BCUT2D eigenvalue weighted by molar-refractivity contribution is -0.00625. The molecule has 1 aliphatic heterocycles. The van der Waals surface area contributed by atoms with Gasteiger partial charge in [0.15, 0.2) is 17.3 Å². The van der Waals surface area contributed by atoms with Crippen molar-refractivity contribution in [3.63, 3.8) is 0 Å². The Labute approximate surface area is 205 Å². The number of benzene rings is 2. The van der Waals surface area contributed by atoms with E-state index in [0.717, 1.165) is 5.56 Å². The molecule has 1 heterocycles. The molecule has 9 heteroatoms. The van der Waals surface area contributed by atoms with Gasteiger partial charge in [-0.15, -0.1) is 0 Å². The lowest BCUT2D eigenvalue weighted by Gasteiger charge is -2.41. The van der Waals surface area contributed by atoms with Gasteiger partial charge in [-0.25, -0.2) is 14.0 Å². The number of halogens is 1. The Bertz CT molecular complexity index is 995. The third kappa shape index (κ3) is 7.50. The van der Waals surface area contributed by atoms with Gasteiger partial charge in [-0.3, -0.25) is 0 Å². The van der Waals surface area contributed by atoms with E-state index in [1.165, 1.54) is 19.2 Å². The van der Waals surface area contributed by atoms with Crippen LogP contribution in [-0.4, -0.2) is 67.0 Å². The van der Waals surface area contributed by atoms with E-state index in [1.807, 2.05) is 30.3 Å². The fraction of sp³-hybridized carbons (Fsp3) is 0.462. The number of para-hydroxylation sites is 1. The Morgan fingerprint density at radius 3 is 2.46 bits per heavy atom. The maximum Gasteiger partial charge on any atom is 0.410 e. The summed E-state index contributed by atoms with van der Waals surface area (Å²) in [4.78, 5) is 28.7. The predicted molar refractivity (Wildman–Crippen MR) is 128 cm³/mol. The summed E-state index contributed by atoms with van der Waals surface area (Å²) in [7, 11) is 1.44. The van der Waals surface area contributed by atoms with Crippen LogP contribution < -0.4 is 9.47 Å². The number of amides is 2. The summed E-state index contributed by atoms with van der Waals surface area (Å²) in [6, 6.07) is 13.4. The molecule has 2 aromatic rings. The second-order valence-corrected chi connectivity index (χ2v) is 9.22. The van der Waals surface area contributed by atoms with Crippen molar-refractivity contribution in [2.45, 2.75) is 45.4 Å². The Kier molecular flexibility index (Phi) is 8.78. The average Bonchev–Trinajstić information content (AvgIpc) is 2.83. The maximum absolute atomic E-state index is 14.2. The van der Waals surface area contributed by atoms with E-state index in [2.05, 4.69) is 0 Å². The van der Waals surface area contributed by atoms with Crippen molar-refractivity contribution >= 4 is 12.2 Å². The van der Waals surface area contributed by atoms with Crippen molar-refractivity contribution in [3.8, 4) is 11.5 Å². The summed E-state index contributed by atoms with van der Waals surface area (Å²) in [5.41, 5.74) is 0.224. The molecule has 0 radical (unpaired) electrons. The molecule has 35 heavy (non-hydrogen) atoms. The number of ether oxygens (including phenoxy) is 4. The number of piperazine rings is 1. The second kappa shape index (κ2) is 11.8. The monoisotopic (exact) mass is 488 g/mol. The van der Waals surface area contributed by atoms with Crippen LogP contribution in [0.3, 0.4) is 0 Å². The van der Waals surface area contributed by atoms with Gasteiger partial charge in [0.2, 0.25) is 0 Å². The summed E-state index contributed by atoms with van der Waals surface area (Å²) in [5, 5.41) is 0. The average molecular weight is 489 g/mol. The third-order valence-electron chi connectivity index (χ3n) is 5.42. The van der Waals surface area contributed by atoms with Crippen LogP contribution in [0.2, 0.25) is 0 Å². The normalized spacial score (nSPS) is 16.0. The second-order valence-electron chi connectivity index (χ2n) is 9.22. The quantitative estimate of drug-likeness (QED) is 0.554. The van der Waals surface area contributed by atoms with Gasteiger partial charge in [-0.2, -0.15) is 0 Å². The van der Waals surface area contributed by atoms with E-state index in [0.29, 0.717) is 13.0 Å². The van der Waals surface area contributed by atoms with Crippen LogP contribution in [0.15, 0.2) is 48.5 Å². The molecule has 1 aliphatic rings. The van der Waals surface area contributed by atoms with E-state index in [9.17, 15) is 14.0 Å². The Balaban J connectivity index is 1.66. The Hall–Kier alpha value is -3.49. The number of rotatable bonds is 7. The lowest BCUT2D eigenvalue weighted by atomic mass is 10.1. The van der Waals surface area contributed by atoms with Gasteiger partial charge in [0.1, 0.15) is 12.2 Å². The molecule has 190 valence electrons. The van der Waals surface area contributed by atoms with Gasteiger partial charge in [0.05, 0.1) is 19.8 Å². The highest BCUT2D eigenvalue weighted by atomic mass is 19.1. The molecule has 0 aliphatic carbocycles.